The molecule has 2 nitrogen and oxygen atoms in total. The lowest BCUT2D eigenvalue weighted by molar-refractivity contribution is -0.0790. The first-order valence-corrected chi connectivity index (χ1v) is 9.26. The molecule has 0 radical (unpaired) electrons. The minimum Gasteiger partial charge on any atom is -0.374 e. The van der Waals surface area contributed by atoms with Gasteiger partial charge in [0, 0.05) is 18.7 Å². The van der Waals surface area contributed by atoms with Gasteiger partial charge in [-0.15, -0.1) is 0 Å². The Morgan fingerprint density at radius 2 is 1.67 bits per heavy atom. The minimum absolute atomic E-state index is 0.102. The average molecular weight is 298 g/mol. The summed E-state index contributed by atoms with van der Waals surface area (Å²) in [5, 5.41) is 3.68. The molecule has 0 spiro atoms. The van der Waals surface area contributed by atoms with Gasteiger partial charge in [0.2, 0.25) is 0 Å². The van der Waals surface area contributed by atoms with Gasteiger partial charge in [-0.05, 0) is 58.8 Å². The summed E-state index contributed by atoms with van der Waals surface area (Å²) >= 11 is 0. The molecule has 0 aromatic carbocycles. The van der Waals surface area contributed by atoms with E-state index in [2.05, 4.69) is 39.9 Å². The highest BCUT2D eigenvalue weighted by Gasteiger charge is 2.35. The first kappa shape index (κ1) is 19.0. The predicted octanol–water partition coefficient (Wildman–Crippen LogP) is 5.31. The van der Waals surface area contributed by atoms with Gasteiger partial charge in [-0.25, -0.2) is 0 Å². The van der Waals surface area contributed by atoms with E-state index >= 15 is 0 Å². The average Bonchev–Trinajstić information content (AvgIpc) is 2.43. The van der Waals surface area contributed by atoms with Crippen molar-refractivity contribution in [2.75, 3.05) is 13.2 Å². The van der Waals surface area contributed by atoms with E-state index in [1.165, 1.54) is 57.8 Å². The number of unbranched alkanes of at least 4 members (excludes halogenated alkanes) is 4. The number of nitrogens with one attached hydrogen (secondary N) is 1. The monoisotopic (exact) mass is 297 g/mol. The normalized spacial score (nSPS) is 27.0. The van der Waals surface area contributed by atoms with Gasteiger partial charge in [-0.1, -0.05) is 39.5 Å². The van der Waals surface area contributed by atoms with Gasteiger partial charge in [0.15, 0.2) is 0 Å². The SMILES string of the molecule is CCCCCCCOC1(CNC(C)(C)C)CCC(C)CC1. The van der Waals surface area contributed by atoms with Crippen molar-refractivity contribution in [1.82, 2.24) is 5.32 Å². The van der Waals surface area contributed by atoms with E-state index in [1.807, 2.05) is 0 Å². The van der Waals surface area contributed by atoms with Crippen LogP contribution in [0.1, 0.15) is 92.4 Å². The quantitative estimate of drug-likeness (QED) is 0.582. The molecule has 1 saturated carbocycles. The van der Waals surface area contributed by atoms with E-state index in [4.69, 9.17) is 4.74 Å². The molecular weight excluding hydrogens is 258 g/mol. The zero-order valence-electron chi connectivity index (χ0n) is 15.3. The van der Waals surface area contributed by atoms with Crippen molar-refractivity contribution < 1.29 is 4.74 Å². The third kappa shape index (κ3) is 8.21. The van der Waals surface area contributed by atoms with Crippen molar-refractivity contribution in [1.29, 1.82) is 0 Å². The van der Waals surface area contributed by atoms with E-state index in [9.17, 15) is 0 Å². The van der Waals surface area contributed by atoms with Gasteiger partial charge in [0.25, 0.3) is 0 Å². The topological polar surface area (TPSA) is 21.3 Å². The molecule has 1 rings (SSSR count). The standard InChI is InChI=1S/C19H39NO/c1-6-7-8-9-10-15-21-19(16-20-18(3,4)5)13-11-17(2)12-14-19/h17,20H,6-16H2,1-5H3. The van der Waals surface area contributed by atoms with Crippen LogP contribution in [0.5, 0.6) is 0 Å². The van der Waals surface area contributed by atoms with Crippen LogP contribution >= 0.6 is 0 Å². The van der Waals surface area contributed by atoms with Crippen LogP contribution in [0, 0.1) is 5.92 Å². The fourth-order valence-corrected chi connectivity index (χ4v) is 3.08. The summed E-state index contributed by atoms with van der Waals surface area (Å²) in [5.74, 6) is 0.876. The Morgan fingerprint density at radius 1 is 1.05 bits per heavy atom. The summed E-state index contributed by atoms with van der Waals surface area (Å²) in [4.78, 5) is 0. The summed E-state index contributed by atoms with van der Waals surface area (Å²) < 4.78 is 6.43. The van der Waals surface area contributed by atoms with E-state index in [0.717, 1.165) is 19.1 Å². The maximum Gasteiger partial charge on any atom is 0.0806 e. The molecule has 126 valence electrons. The summed E-state index contributed by atoms with van der Waals surface area (Å²) in [6.07, 6.45) is 11.7. The largest absolute Gasteiger partial charge is 0.374 e. The van der Waals surface area contributed by atoms with Gasteiger partial charge in [-0.2, -0.15) is 0 Å². The van der Waals surface area contributed by atoms with E-state index in [1.54, 1.807) is 0 Å². The Balaban J connectivity index is 2.37. The van der Waals surface area contributed by atoms with Gasteiger partial charge < -0.3 is 10.1 Å². The highest BCUT2D eigenvalue weighted by molar-refractivity contribution is 4.90. The third-order valence-corrected chi connectivity index (χ3v) is 4.78. The van der Waals surface area contributed by atoms with Crippen LogP contribution in [0.4, 0.5) is 0 Å². The van der Waals surface area contributed by atoms with E-state index in [0.29, 0.717) is 0 Å². The van der Waals surface area contributed by atoms with Crippen LogP contribution < -0.4 is 5.32 Å². The number of hydrogen-bond acceptors (Lipinski definition) is 2. The van der Waals surface area contributed by atoms with Crippen LogP contribution in [-0.2, 0) is 4.74 Å². The molecule has 0 aromatic rings. The second kappa shape index (κ2) is 9.15. The van der Waals surface area contributed by atoms with Crippen LogP contribution in [-0.4, -0.2) is 24.3 Å². The fraction of sp³-hybridized carbons (Fsp3) is 1.00. The summed E-state index contributed by atoms with van der Waals surface area (Å²) in [5.41, 5.74) is 0.283. The zero-order chi connectivity index (χ0) is 15.8. The zero-order valence-corrected chi connectivity index (χ0v) is 15.3. The molecular formula is C19H39NO. The van der Waals surface area contributed by atoms with Crippen LogP contribution in [0.2, 0.25) is 0 Å². The molecule has 0 bridgehead atoms. The lowest BCUT2D eigenvalue weighted by atomic mass is 9.79. The molecule has 0 saturated heterocycles. The Bertz CT molecular complexity index is 261. The Morgan fingerprint density at radius 3 is 2.24 bits per heavy atom. The van der Waals surface area contributed by atoms with Crippen molar-refractivity contribution in [2.45, 2.75) is 104 Å². The molecule has 21 heavy (non-hydrogen) atoms. The maximum atomic E-state index is 6.43. The fourth-order valence-electron chi connectivity index (χ4n) is 3.08. The van der Waals surface area contributed by atoms with Gasteiger partial charge in [0.05, 0.1) is 5.60 Å². The van der Waals surface area contributed by atoms with Crippen molar-refractivity contribution in [2.24, 2.45) is 5.92 Å². The molecule has 0 unspecified atom stereocenters. The van der Waals surface area contributed by atoms with Crippen LogP contribution in [0.25, 0.3) is 0 Å². The summed E-state index contributed by atoms with van der Waals surface area (Å²) in [6.45, 7) is 13.4. The van der Waals surface area contributed by atoms with Crippen LogP contribution in [0.15, 0.2) is 0 Å². The number of hydrogen-bond donors (Lipinski definition) is 1. The molecule has 1 N–H and O–H groups in total. The van der Waals surface area contributed by atoms with Crippen LogP contribution in [0.3, 0.4) is 0 Å². The first-order valence-electron chi connectivity index (χ1n) is 9.26. The second-order valence-electron chi connectivity index (χ2n) is 8.23. The maximum absolute atomic E-state index is 6.43. The molecule has 1 aliphatic carbocycles. The molecule has 1 aliphatic rings. The van der Waals surface area contributed by atoms with Gasteiger partial charge >= 0.3 is 0 Å². The molecule has 0 aromatic heterocycles. The lowest BCUT2D eigenvalue weighted by Crippen LogP contribution is -2.51. The smallest absolute Gasteiger partial charge is 0.0806 e. The lowest BCUT2D eigenvalue weighted by Gasteiger charge is -2.41. The number of rotatable bonds is 9. The third-order valence-electron chi connectivity index (χ3n) is 4.78. The number of ether oxygens (including phenoxy) is 1. The highest BCUT2D eigenvalue weighted by atomic mass is 16.5. The van der Waals surface area contributed by atoms with Crippen molar-refractivity contribution in [3.63, 3.8) is 0 Å². The molecule has 2 heteroatoms. The molecule has 0 atom stereocenters. The minimum atomic E-state index is 0.102. The highest BCUT2D eigenvalue weighted by Crippen LogP contribution is 2.35. The van der Waals surface area contributed by atoms with Crippen molar-refractivity contribution >= 4 is 0 Å². The van der Waals surface area contributed by atoms with Crippen molar-refractivity contribution in [3.8, 4) is 0 Å². The van der Waals surface area contributed by atoms with Gasteiger partial charge in [-0.3, -0.25) is 0 Å². The molecule has 0 aliphatic heterocycles. The second-order valence-corrected chi connectivity index (χ2v) is 8.23. The Labute approximate surface area is 133 Å². The molecule has 0 heterocycles. The molecule has 1 fully saturated rings. The Kier molecular flexibility index (Phi) is 8.26. The summed E-state index contributed by atoms with van der Waals surface area (Å²) in [7, 11) is 0. The Hall–Kier alpha value is -0.0800. The predicted molar refractivity (Wildman–Crippen MR) is 92.8 cm³/mol. The van der Waals surface area contributed by atoms with E-state index in [-0.39, 0.29) is 11.1 Å². The molecule has 0 amide bonds. The summed E-state index contributed by atoms with van der Waals surface area (Å²) in [6, 6.07) is 0. The van der Waals surface area contributed by atoms with E-state index < -0.39 is 0 Å². The first-order chi connectivity index (χ1) is 9.87. The van der Waals surface area contributed by atoms with Crippen molar-refractivity contribution in [3.05, 3.63) is 0 Å². The van der Waals surface area contributed by atoms with Gasteiger partial charge in [0.1, 0.15) is 0 Å².